The standard InChI is InChI=1S/C16H17NO4S/c1-2-13-7-3-4-9-15(13)22(20,21)17-11-12-6-5-8-14(10-12)16(18)19/h3-10,17H,2,11H2,1H3,(H,18,19). The quantitative estimate of drug-likeness (QED) is 0.856. The van der Waals surface area contributed by atoms with Crippen LogP contribution in [-0.2, 0) is 23.0 Å². The van der Waals surface area contributed by atoms with Gasteiger partial charge < -0.3 is 5.11 Å². The molecule has 0 bridgehead atoms. The van der Waals surface area contributed by atoms with E-state index in [1.54, 1.807) is 36.4 Å². The van der Waals surface area contributed by atoms with Crippen molar-refractivity contribution in [3.8, 4) is 0 Å². The largest absolute Gasteiger partial charge is 0.478 e. The number of aryl methyl sites for hydroxylation is 1. The molecule has 0 saturated carbocycles. The molecule has 0 fully saturated rings. The average molecular weight is 319 g/mol. The molecule has 5 nitrogen and oxygen atoms in total. The fourth-order valence-electron chi connectivity index (χ4n) is 2.13. The summed E-state index contributed by atoms with van der Waals surface area (Å²) in [6, 6.07) is 13.0. The molecule has 0 unspecified atom stereocenters. The molecule has 0 aliphatic heterocycles. The Labute approximate surface area is 129 Å². The van der Waals surface area contributed by atoms with Crippen molar-refractivity contribution in [3.63, 3.8) is 0 Å². The van der Waals surface area contributed by atoms with Gasteiger partial charge in [-0.15, -0.1) is 0 Å². The molecule has 6 heteroatoms. The first-order valence-corrected chi connectivity index (χ1v) is 8.32. The van der Waals surface area contributed by atoms with E-state index in [0.29, 0.717) is 12.0 Å². The summed E-state index contributed by atoms with van der Waals surface area (Å²) in [6.07, 6.45) is 0.617. The van der Waals surface area contributed by atoms with Gasteiger partial charge in [0, 0.05) is 6.54 Å². The van der Waals surface area contributed by atoms with E-state index in [0.717, 1.165) is 5.56 Å². The van der Waals surface area contributed by atoms with Crippen LogP contribution in [0.15, 0.2) is 53.4 Å². The average Bonchev–Trinajstić information content (AvgIpc) is 2.53. The van der Waals surface area contributed by atoms with Crippen molar-refractivity contribution in [1.29, 1.82) is 0 Å². The number of nitrogens with one attached hydrogen (secondary N) is 1. The van der Waals surface area contributed by atoms with Gasteiger partial charge in [-0.3, -0.25) is 0 Å². The molecule has 2 N–H and O–H groups in total. The lowest BCUT2D eigenvalue weighted by molar-refractivity contribution is 0.0696. The van der Waals surface area contributed by atoms with Crippen LogP contribution in [0.2, 0.25) is 0 Å². The Hall–Kier alpha value is -2.18. The third kappa shape index (κ3) is 3.72. The summed E-state index contributed by atoms with van der Waals surface area (Å²) in [5.74, 6) is -1.04. The van der Waals surface area contributed by atoms with Gasteiger partial charge in [-0.1, -0.05) is 37.3 Å². The van der Waals surface area contributed by atoms with Gasteiger partial charge in [0.25, 0.3) is 0 Å². The zero-order valence-electron chi connectivity index (χ0n) is 12.1. The Morgan fingerprint density at radius 3 is 2.55 bits per heavy atom. The highest BCUT2D eigenvalue weighted by Gasteiger charge is 2.17. The predicted octanol–water partition coefficient (Wildman–Crippen LogP) is 2.43. The van der Waals surface area contributed by atoms with Crippen LogP contribution in [0, 0.1) is 0 Å². The van der Waals surface area contributed by atoms with E-state index in [-0.39, 0.29) is 17.0 Å². The summed E-state index contributed by atoms with van der Waals surface area (Å²) in [5.41, 5.74) is 1.47. The summed E-state index contributed by atoms with van der Waals surface area (Å²) in [6.45, 7) is 1.94. The fraction of sp³-hybridized carbons (Fsp3) is 0.188. The van der Waals surface area contributed by atoms with Gasteiger partial charge in [0.05, 0.1) is 10.5 Å². The number of hydrogen-bond donors (Lipinski definition) is 2. The van der Waals surface area contributed by atoms with E-state index < -0.39 is 16.0 Å². The molecule has 22 heavy (non-hydrogen) atoms. The molecule has 0 atom stereocenters. The number of aromatic carboxylic acids is 1. The Kier molecular flexibility index (Phi) is 4.95. The highest BCUT2D eigenvalue weighted by atomic mass is 32.2. The minimum atomic E-state index is -3.63. The summed E-state index contributed by atoms with van der Waals surface area (Å²) in [7, 11) is -3.63. The van der Waals surface area contributed by atoms with E-state index in [1.807, 2.05) is 6.92 Å². The first-order valence-electron chi connectivity index (χ1n) is 6.84. The third-order valence-electron chi connectivity index (χ3n) is 3.28. The van der Waals surface area contributed by atoms with Gasteiger partial charge in [-0.05, 0) is 35.7 Å². The van der Waals surface area contributed by atoms with Crippen LogP contribution in [0.4, 0.5) is 0 Å². The topological polar surface area (TPSA) is 83.5 Å². The highest BCUT2D eigenvalue weighted by Crippen LogP contribution is 2.16. The Morgan fingerprint density at radius 2 is 1.86 bits per heavy atom. The molecule has 2 aromatic rings. The molecule has 0 aromatic heterocycles. The fourth-order valence-corrected chi connectivity index (χ4v) is 3.46. The first kappa shape index (κ1) is 16.2. The number of carboxylic acids is 1. The van der Waals surface area contributed by atoms with Crippen LogP contribution in [-0.4, -0.2) is 19.5 Å². The van der Waals surface area contributed by atoms with E-state index in [9.17, 15) is 13.2 Å². The molecule has 116 valence electrons. The van der Waals surface area contributed by atoms with Crippen LogP contribution in [0.5, 0.6) is 0 Å². The molecular weight excluding hydrogens is 302 g/mol. The first-order chi connectivity index (χ1) is 10.4. The lowest BCUT2D eigenvalue weighted by Crippen LogP contribution is -2.24. The van der Waals surface area contributed by atoms with E-state index in [2.05, 4.69) is 4.72 Å². The number of benzene rings is 2. The lowest BCUT2D eigenvalue weighted by atomic mass is 10.1. The van der Waals surface area contributed by atoms with E-state index >= 15 is 0 Å². The van der Waals surface area contributed by atoms with Gasteiger partial charge in [0.15, 0.2) is 0 Å². The number of carbonyl (C=O) groups is 1. The zero-order valence-corrected chi connectivity index (χ0v) is 12.9. The van der Waals surface area contributed by atoms with Gasteiger partial charge >= 0.3 is 5.97 Å². The number of sulfonamides is 1. The molecule has 2 rings (SSSR count). The minimum absolute atomic E-state index is 0.0432. The molecular formula is C16H17NO4S. The van der Waals surface area contributed by atoms with Gasteiger partial charge in [-0.2, -0.15) is 0 Å². The van der Waals surface area contributed by atoms with Crippen molar-refractivity contribution in [3.05, 3.63) is 65.2 Å². The third-order valence-corrected chi connectivity index (χ3v) is 4.78. The van der Waals surface area contributed by atoms with Crippen LogP contribution in [0.25, 0.3) is 0 Å². The second-order valence-corrected chi connectivity index (χ2v) is 6.53. The van der Waals surface area contributed by atoms with Crippen LogP contribution < -0.4 is 4.72 Å². The number of hydrogen-bond acceptors (Lipinski definition) is 3. The molecule has 2 aromatic carbocycles. The monoisotopic (exact) mass is 319 g/mol. The maximum absolute atomic E-state index is 12.4. The molecule has 0 aliphatic carbocycles. The lowest BCUT2D eigenvalue weighted by Gasteiger charge is -2.10. The summed E-state index contributed by atoms with van der Waals surface area (Å²) in [4.78, 5) is 11.2. The zero-order chi connectivity index (χ0) is 16.2. The summed E-state index contributed by atoms with van der Waals surface area (Å²) in [5, 5.41) is 8.95. The number of carboxylic acid groups (broad SMARTS) is 1. The molecule has 0 radical (unpaired) electrons. The second-order valence-electron chi connectivity index (χ2n) is 4.79. The van der Waals surface area contributed by atoms with Crippen LogP contribution >= 0.6 is 0 Å². The predicted molar refractivity (Wildman–Crippen MR) is 83.2 cm³/mol. The van der Waals surface area contributed by atoms with Crippen molar-refractivity contribution in [2.75, 3.05) is 0 Å². The normalized spacial score (nSPS) is 11.3. The maximum atomic E-state index is 12.4. The summed E-state index contributed by atoms with van der Waals surface area (Å²) >= 11 is 0. The smallest absolute Gasteiger partial charge is 0.335 e. The highest BCUT2D eigenvalue weighted by molar-refractivity contribution is 7.89. The van der Waals surface area contributed by atoms with Crippen LogP contribution in [0.3, 0.4) is 0 Å². The minimum Gasteiger partial charge on any atom is -0.478 e. The Morgan fingerprint density at radius 1 is 1.14 bits per heavy atom. The van der Waals surface area contributed by atoms with Crippen molar-refractivity contribution >= 4 is 16.0 Å². The van der Waals surface area contributed by atoms with Crippen molar-refractivity contribution in [2.24, 2.45) is 0 Å². The number of rotatable bonds is 6. The molecule has 0 aliphatic rings. The van der Waals surface area contributed by atoms with Crippen LogP contribution in [0.1, 0.15) is 28.4 Å². The van der Waals surface area contributed by atoms with Crippen molar-refractivity contribution in [1.82, 2.24) is 4.72 Å². The molecule has 0 amide bonds. The molecule has 0 heterocycles. The van der Waals surface area contributed by atoms with Gasteiger partial charge in [-0.25, -0.2) is 17.9 Å². The van der Waals surface area contributed by atoms with Gasteiger partial charge in [0.2, 0.25) is 10.0 Å². The maximum Gasteiger partial charge on any atom is 0.335 e. The summed E-state index contributed by atoms with van der Waals surface area (Å²) < 4.78 is 27.3. The van der Waals surface area contributed by atoms with E-state index in [1.165, 1.54) is 12.1 Å². The molecule has 0 spiro atoms. The van der Waals surface area contributed by atoms with E-state index in [4.69, 9.17) is 5.11 Å². The van der Waals surface area contributed by atoms with Crippen molar-refractivity contribution in [2.45, 2.75) is 24.8 Å². The molecule has 0 saturated heterocycles. The SMILES string of the molecule is CCc1ccccc1S(=O)(=O)NCc1cccc(C(=O)O)c1. The second kappa shape index (κ2) is 6.72. The Balaban J connectivity index is 2.20. The van der Waals surface area contributed by atoms with Gasteiger partial charge in [0.1, 0.15) is 0 Å². The Bertz CT molecular complexity index is 784. The van der Waals surface area contributed by atoms with Crippen molar-refractivity contribution < 1.29 is 18.3 Å².